The summed E-state index contributed by atoms with van der Waals surface area (Å²) < 4.78 is 27.7. The SMILES string of the molecule is CN(CCc1ccccn1)S(=O)(=O)c1csc(-c2ccc(Br)cc2)n1. The highest BCUT2D eigenvalue weighted by Crippen LogP contribution is 2.27. The first-order chi connectivity index (χ1) is 12.0. The molecule has 3 rings (SSSR count). The van der Waals surface area contributed by atoms with E-state index in [2.05, 4.69) is 25.9 Å². The first-order valence-electron chi connectivity index (χ1n) is 7.54. The molecular formula is C17H16BrN3O2S2. The second-order valence-electron chi connectivity index (χ2n) is 5.40. The minimum atomic E-state index is -3.61. The molecule has 0 aliphatic rings. The highest BCUT2D eigenvalue weighted by molar-refractivity contribution is 9.10. The van der Waals surface area contributed by atoms with Crippen LogP contribution in [0, 0.1) is 0 Å². The van der Waals surface area contributed by atoms with Crippen LogP contribution in [0.1, 0.15) is 5.69 Å². The second kappa shape index (κ2) is 7.74. The fraction of sp³-hybridized carbons (Fsp3) is 0.176. The van der Waals surface area contributed by atoms with Crippen LogP contribution in [0.2, 0.25) is 0 Å². The van der Waals surface area contributed by atoms with Crippen LogP contribution in [0.15, 0.2) is 63.5 Å². The van der Waals surface area contributed by atoms with E-state index in [0.717, 1.165) is 15.7 Å². The maximum atomic E-state index is 12.7. The molecule has 130 valence electrons. The fourth-order valence-corrected chi connectivity index (χ4v) is 4.70. The van der Waals surface area contributed by atoms with E-state index < -0.39 is 10.0 Å². The standard InChI is InChI=1S/C17H16BrN3O2S2/c1-21(11-9-15-4-2-3-10-19-15)25(22,23)16-12-24-17(20-16)13-5-7-14(18)8-6-13/h2-8,10,12H,9,11H2,1H3. The first-order valence-corrected chi connectivity index (χ1v) is 10.7. The van der Waals surface area contributed by atoms with Gasteiger partial charge >= 0.3 is 0 Å². The summed E-state index contributed by atoms with van der Waals surface area (Å²) in [7, 11) is -2.04. The van der Waals surface area contributed by atoms with Gasteiger partial charge in [0.05, 0.1) is 0 Å². The number of thiazole rings is 1. The molecule has 0 saturated heterocycles. The van der Waals surface area contributed by atoms with Gasteiger partial charge in [-0.1, -0.05) is 34.1 Å². The minimum Gasteiger partial charge on any atom is -0.261 e. The zero-order valence-electron chi connectivity index (χ0n) is 13.5. The first kappa shape index (κ1) is 18.2. The molecule has 0 aliphatic carbocycles. The Morgan fingerprint density at radius 3 is 2.60 bits per heavy atom. The van der Waals surface area contributed by atoms with E-state index in [1.165, 1.54) is 15.6 Å². The Balaban J connectivity index is 1.74. The Kier molecular flexibility index (Phi) is 5.63. The Morgan fingerprint density at radius 1 is 1.16 bits per heavy atom. The molecule has 25 heavy (non-hydrogen) atoms. The quantitative estimate of drug-likeness (QED) is 0.587. The van der Waals surface area contributed by atoms with Crippen molar-refractivity contribution in [3.63, 3.8) is 0 Å². The smallest absolute Gasteiger partial charge is 0.261 e. The summed E-state index contributed by atoms with van der Waals surface area (Å²) in [6, 6.07) is 13.2. The van der Waals surface area contributed by atoms with Crippen LogP contribution in [0.5, 0.6) is 0 Å². The van der Waals surface area contributed by atoms with Gasteiger partial charge in [-0.05, 0) is 24.3 Å². The number of pyridine rings is 1. The van der Waals surface area contributed by atoms with Gasteiger partial charge < -0.3 is 0 Å². The molecule has 0 atom stereocenters. The average Bonchev–Trinajstić information content (AvgIpc) is 3.12. The fourth-order valence-electron chi connectivity index (χ4n) is 2.20. The molecule has 3 aromatic rings. The summed E-state index contributed by atoms with van der Waals surface area (Å²) in [4.78, 5) is 8.53. The summed E-state index contributed by atoms with van der Waals surface area (Å²) in [5.41, 5.74) is 1.75. The van der Waals surface area contributed by atoms with Gasteiger partial charge in [0.2, 0.25) is 0 Å². The number of hydrogen-bond donors (Lipinski definition) is 0. The van der Waals surface area contributed by atoms with E-state index in [1.54, 1.807) is 18.6 Å². The molecule has 1 aromatic carbocycles. The lowest BCUT2D eigenvalue weighted by molar-refractivity contribution is 0.469. The normalized spacial score (nSPS) is 11.8. The van der Waals surface area contributed by atoms with Gasteiger partial charge in [0.25, 0.3) is 10.0 Å². The van der Waals surface area contributed by atoms with E-state index in [-0.39, 0.29) is 5.03 Å². The van der Waals surface area contributed by atoms with E-state index in [0.29, 0.717) is 18.0 Å². The molecule has 0 bridgehead atoms. The Hall–Kier alpha value is -1.61. The topological polar surface area (TPSA) is 63.2 Å². The number of rotatable bonds is 6. The number of halogens is 1. The van der Waals surface area contributed by atoms with Crippen molar-refractivity contribution in [2.75, 3.05) is 13.6 Å². The summed E-state index contributed by atoms with van der Waals surface area (Å²) in [6.45, 7) is 0.352. The number of nitrogens with zero attached hydrogens (tertiary/aromatic N) is 3. The van der Waals surface area contributed by atoms with Crippen LogP contribution < -0.4 is 0 Å². The molecule has 2 heterocycles. The Labute approximate surface area is 159 Å². The number of aromatic nitrogens is 2. The van der Waals surface area contributed by atoms with Crippen molar-refractivity contribution in [1.29, 1.82) is 0 Å². The van der Waals surface area contributed by atoms with Gasteiger partial charge in [0.1, 0.15) is 5.01 Å². The third-order valence-corrected chi connectivity index (χ3v) is 6.97. The van der Waals surface area contributed by atoms with Crippen LogP contribution in [0.4, 0.5) is 0 Å². The molecule has 0 fully saturated rings. The monoisotopic (exact) mass is 437 g/mol. The summed E-state index contributed by atoms with van der Waals surface area (Å²) in [5.74, 6) is 0. The second-order valence-corrected chi connectivity index (χ2v) is 9.16. The van der Waals surface area contributed by atoms with E-state index in [1.807, 2.05) is 42.5 Å². The molecule has 5 nitrogen and oxygen atoms in total. The molecule has 0 saturated carbocycles. The predicted molar refractivity (Wildman–Crippen MR) is 103 cm³/mol. The van der Waals surface area contributed by atoms with Gasteiger partial charge in [-0.25, -0.2) is 13.4 Å². The molecule has 0 aliphatic heterocycles. The average molecular weight is 438 g/mol. The van der Waals surface area contributed by atoms with Crippen LogP contribution in [0.25, 0.3) is 10.6 Å². The molecule has 0 radical (unpaired) electrons. The summed E-state index contributed by atoms with van der Waals surface area (Å²) >= 11 is 4.71. The third kappa shape index (κ3) is 4.33. The molecule has 2 aromatic heterocycles. The van der Waals surface area contributed by atoms with E-state index in [4.69, 9.17) is 0 Å². The molecule has 0 spiro atoms. The lowest BCUT2D eigenvalue weighted by Crippen LogP contribution is -2.29. The number of sulfonamides is 1. The van der Waals surface area contributed by atoms with Crippen molar-refractivity contribution in [3.8, 4) is 10.6 Å². The summed E-state index contributed by atoms with van der Waals surface area (Å²) in [6.07, 6.45) is 2.26. The van der Waals surface area contributed by atoms with Crippen LogP contribution in [0.3, 0.4) is 0 Å². The van der Waals surface area contributed by atoms with Crippen molar-refractivity contribution < 1.29 is 8.42 Å². The van der Waals surface area contributed by atoms with Gasteiger partial charge in [0.15, 0.2) is 5.03 Å². The zero-order chi connectivity index (χ0) is 17.9. The highest BCUT2D eigenvalue weighted by Gasteiger charge is 2.24. The lowest BCUT2D eigenvalue weighted by atomic mass is 10.2. The minimum absolute atomic E-state index is 0.0824. The van der Waals surface area contributed by atoms with Crippen molar-refractivity contribution in [1.82, 2.24) is 14.3 Å². The van der Waals surface area contributed by atoms with E-state index in [9.17, 15) is 8.42 Å². The molecule has 0 unspecified atom stereocenters. The van der Waals surface area contributed by atoms with Crippen molar-refractivity contribution >= 4 is 37.3 Å². The predicted octanol–water partition coefficient (Wildman–Crippen LogP) is 3.83. The molecule has 8 heteroatoms. The number of likely N-dealkylation sites (N-methyl/N-ethyl adjacent to an activating group) is 1. The number of benzene rings is 1. The van der Waals surface area contributed by atoms with Gasteiger partial charge in [-0.2, -0.15) is 4.31 Å². The van der Waals surface area contributed by atoms with Gasteiger partial charge in [-0.15, -0.1) is 11.3 Å². The highest BCUT2D eigenvalue weighted by atomic mass is 79.9. The van der Waals surface area contributed by atoms with Crippen molar-refractivity contribution in [3.05, 3.63) is 64.2 Å². The zero-order valence-corrected chi connectivity index (χ0v) is 16.7. The maximum absolute atomic E-state index is 12.7. The van der Waals surface area contributed by atoms with E-state index >= 15 is 0 Å². The van der Waals surface area contributed by atoms with Crippen molar-refractivity contribution in [2.45, 2.75) is 11.4 Å². The van der Waals surface area contributed by atoms with Gasteiger partial charge in [-0.3, -0.25) is 4.98 Å². The Bertz CT molecular complexity index is 942. The third-order valence-electron chi connectivity index (χ3n) is 3.66. The molecule has 0 amide bonds. The van der Waals surface area contributed by atoms with Crippen LogP contribution in [-0.2, 0) is 16.4 Å². The van der Waals surface area contributed by atoms with Gasteiger partial charge in [0, 0.05) is 47.3 Å². The number of hydrogen-bond acceptors (Lipinski definition) is 5. The largest absolute Gasteiger partial charge is 0.261 e. The lowest BCUT2D eigenvalue weighted by Gasteiger charge is -2.15. The molecule has 0 N–H and O–H groups in total. The van der Waals surface area contributed by atoms with Crippen LogP contribution in [-0.4, -0.2) is 36.3 Å². The van der Waals surface area contributed by atoms with Crippen LogP contribution >= 0.6 is 27.3 Å². The summed E-state index contributed by atoms with van der Waals surface area (Å²) in [5, 5.41) is 2.35. The Morgan fingerprint density at radius 2 is 1.92 bits per heavy atom. The maximum Gasteiger partial charge on any atom is 0.261 e. The van der Waals surface area contributed by atoms with Crippen molar-refractivity contribution in [2.24, 2.45) is 0 Å². The molecular weight excluding hydrogens is 422 g/mol.